The van der Waals surface area contributed by atoms with Crippen LogP contribution >= 0.6 is 23.5 Å². The van der Waals surface area contributed by atoms with Crippen LogP contribution in [0.2, 0.25) is 0 Å². The SMILES string of the molecule is CCC=CCC=CCC1SCCCS1. The minimum atomic E-state index is 0.829. The van der Waals surface area contributed by atoms with E-state index in [9.17, 15) is 0 Å². The number of allylic oxidation sites excluding steroid dienone is 4. The van der Waals surface area contributed by atoms with Crippen molar-refractivity contribution in [2.45, 2.75) is 37.2 Å². The molecule has 0 saturated carbocycles. The first-order chi connectivity index (χ1) is 6.93. The van der Waals surface area contributed by atoms with Gasteiger partial charge in [-0.25, -0.2) is 0 Å². The van der Waals surface area contributed by atoms with E-state index in [2.05, 4.69) is 54.8 Å². The molecule has 1 saturated heterocycles. The highest BCUT2D eigenvalue weighted by Gasteiger charge is 2.11. The van der Waals surface area contributed by atoms with Gasteiger partial charge in [-0.1, -0.05) is 31.2 Å². The maximum absolute atomic E-state index is 2.34. The fraction of sp³-hybridized carbons (Fsp3) is 0.667. The monoisotopic (exact) mass is 228 g/mol. The van der Waals surface area contributed by atoms with Gasteiger partial charge in [-0.3, -0.25) is 0 Å². The predicted octanol–water partition coefficient (Wildman–Crippen LogP) is 4.49. The molecule has 0 aromatic carbocycles. The molecule has 1 aliphatic heterocycles. The Kier molecular flexibility index (Phi) is 7.42. The minimum absolute atomic E-state index is 0.829. The smallest absolute Gasteiger partial charge is 0.0536 e. The van der Waals surface area contributed by atoms with Gasteiger partial charge >= 0.3 is 0 Å². The molecule has 0 aromatic rings. The molecule has 0 unspecified atom stereocenters. The third-order valence-electron chi connectivity index (χ3n) is 2.07. The Hall–Kier alpha value is 0.180. The van der Waals surface area contributed by atoms with Crippen LogP contribution in [0.3, 0.4) is 0 Å². The molecule has 14 heavy (non-hydrogen) atoms. The quantitative estimate of drug-likeness (QED) is 0.636. The summed E-state index contributed by atoms with van der Waals surface area (Å²) in [5, 5.41) is 0. The molecular weight excluding hydrogens is 208 g/mol. The van der Waals surface area contributed by atoms with Crippen molar-refractivity contribution >= 4 is 23.5 Å². The molecule has 0 spiro atoms. The first kappa shape index (κ1) is 12.3. The predicted molar refractivity (Wildman–Crippen MR) is 71.1 cm³/mol. The first-order valence-electron chi connectivity index (χ1n) is 5.46. The Morgan fingerprint density at radius 3 is 2.50 bits per heavy atom. The lowest BCUT2D eigenvalue weighted by Gasteiger charge is -2.18. The third-order valence-corrected chi connectivity index (χ3v) is 5.06. The van der Waals surface area contributed by atoms with E-state index in [0.717, 1.165) is 17.4 Å². The highest BCUT2D eigenvalue weighted by molar-refractivity contribution is 8.17. The fourth-order valence-corrected chi connectivity index (χ4v) is 4.10. The average molecular weight is 228 g/mol. The van der Waals surface area contributed by atoms with Crippen LogP contribution in [-0.2, 0) is 0 Å². The standard InChI is InChI=1S/C12H20S2/c1-2-3-4-5-6-7-9-12-13-10-8-11-14-12/h3-4,6-7,12H,2,5,8-11H2,1H3. The molecule has 1 heterocycles. The van der Waals surface area contributed by atoms with E-state index in [4.69, 9.17) is 0 Å². The zero-order chi connectivity index (χ0) is 10.1. The molecule has 2 heteroatoms. The van der Waals surface area contributed by atoms with Crippen molar-refractivity contribution in [3.05, 3.63) is 24.3 Å². The van der Waals surface area contributed by atoms with Crippen molar-refractivity contribution < 1.29 is 0 Å². The number of hydrogen-bond acceptors (Lipinski definition) is 2. The van der Waals surface area contributed by atoms with Gasteiger partial charge in [0.05, 0.1) is 4.58 Å². The van der Waals surface area contributed by atoms with Gasteiger partial charge in [0.2, 0.25) is 0 Å². The van der Waals surface area contributed by atoms with Crippen molar-refractivity contribution in [3.63, 3.8) is 0 Å². The molecule has 0 bridgehead atoms. The Bertz CT molecular complexity index is 179. The Morgan fingerprint density at radius 1 is 1.07 bits per heavy atom. The Morgan fingerprint density at radius 2 is 1.79 bits per heavy atom. The highest BCUT2D eigenvalue weighted by atomic mass is 32.2. The number of thioether (sulfide) groups is 2. The summed E-state index contributed by atoms with van der Waals surface area (Å²) in [5.41, 5.74) is 0. The van der Waals surface area contributed by atoms with Gasteiger partial charge in [0, 0.05) is 0 Å². The van der Waals surface area contributed by atoms with E-state index in [-0.39, 0.29) is 0 Å². The topological polar surface area (TPSA) is 0 Å². The molecule has 1 fully saturated rings. The molecule has 0 aliphatic carbocycles. The molecule has 0 N–H and O–H groups in total. The zero-order valence-electron chi connectivity index (χ0n) is 8.95. The van der Waals surface area contributed by atoms with Crippen LogP contribution in [0, 0.1) is 0 Å². The van der Waals surface area contributed by atoms with Crippen LogP contribution in [0.4, 0.5) is 0 Å². The number of rotatable bonds is 5. The van der Waals surface area contributed by atoms with E-state index >= 15 is 0 Å². The van der Waals surface area contributed by atoms with Gasteiger partial charge in [-0.2, -0.15) is 0 Å². The summed E-state index contributed by atoms with van der Waals surface area (Å²) in [4.78, 5) is 0. The van der Waals surface area contributed by atoms with E-state index in [0.29, 0.717) is 0 Å². The lowest BCUT2D eigenvalue weighted by atomic mass is 10.3. The average Bonchev–Trinajstić information content (AvgIpc) is 2.25. The Balaban J connectivity index is 2.03. The van der Waals surface area contributed by atoms with Crippen LogP contribution in [-0.4, -0.2) is 16.1 Å². The van der Waals surface area contributed by atoms with Crippen LogP contribution < -0.4 is 0 Å². The minimum Gasteiger partial charge on any atom is -0.147 e. The summed E-state index contributed by atoms with van der Waals surface area (Å²) < 4.78 is 0.829. The third kappa shape index (κ3) is 5.82. The molecule has 0 amide bonds. The van der Waals surface area contributed by atoms with Crippen molar-refractivity contribution in [3.8, 4) is 0 Å². The van der Waals surface area contributed by atoms with Crippen LogP contribution in [0.1, 0.15) is 32.6 Å². The lowest BCUT2D eigenvalue weighted by Crippen LogP contribution is -2.04. The van der Waals surface area contributed by atoms with E-state index in [1.807, 2.05) is 0 Å². The molecular formula is C12H20S2. The maximum Gasteiger partial charge on any atom is 0.0536 e. The molecule has 0 nitrogen and oxygen atoms in total. The lowest BCUT2D eigenvalue weighted by molar-refractivity contribution is 1.06. The molecule has 1 rings (SSSR count). The second-order valence-electron chi connectivity index (χ2n) is 3.35. The summed E-state index contributed by atoms with van der Waals surface area (Å²) >= 11 is 4.25. The molecule has 0 radical (unpaired) electrons. The molecule has 0 aromatic heterocycles. The normalized spacial score (nSPS) is 19.8. The molecule has 80 valence electrons. The highest BCUT2D eigenvalue weighted by Crippen LogP contribution is 2.32. The van der Waals surface area contributed by atoms with Gasteiger partial charge in [0.1, 0.15) is 0 Å². The summed E-state index contributed by atoms with van der Waals surface area (Å²) in [7, 11) is 0. The summed E-state index contributed by atoms with van der Waals surface area (Å²) in [6.07, 6.45) is 14.0. The summed E-state index contributed by atoms with van der Waals surface area (Å²) in [6, 6.07) is 0. The van der Waals surface area contributed by atoms with Gasteiger partial charge < -0.3 is 0 Å². The second kappa shape index (κ2) is 8.49. The second-order valence-corrected chi connectivity index (χ2v) is 6.27. The maximum atomic E-state index is 2.34. The van der Waals surface area contributed by atoms with Crippen molar-refractivity contribution in [1.29, 1.82) is 0 Å². The van der Waals surface area contributed by atoms with Crippen LogP contribution in [0.25, 0.3) is 0 Å². The van der Waals surface area contributed by atoms with Crippen molar-refractivity contribution in [2.24, 2.45) is 0 Å². The van der Waals surface area contributed by atoms with Crippen LogP contribution in [0.5, 0.6) is 0 Å². The largest absolute Gasteiger partial charge is 0.147 e. The van der Waals surface area contributed by atoms with Crippen molar-refractivity contribution in [1.82, 2.24) is 0 Å². The fourth-order valence-electron chi connectivity index (χ4n) is 1.32. The first-order valence-corrected chi connectivity index (χ1v) is 7.56. The van der Waals surface area contributed by atoms with Gasteiger partial charge in [0.25, 0.3) is 0 Å². The van der Waals surface area contributed by atoms with Crippen molar-refractivity contribution in [2.75, 3.05) is 11.5 Å². The Labute approximate surface area is 96.6 Å². The van der Waals surface area contributed by atoms with Gasteiger partial charge in [-0.05, 0) is 37.2 Å². The summed E-state index contributed by atoms with van der Waals surface area (Å²) in [5.74, 6) is 2.72. The molecule has 1 aliphatic rings. The van der Waals surface area contributed by atoms with Gasteiger partial charge in [-0.15, -0.1) is 23.5 Å². The van der Waals surface area contributed by atoms with E-state index < -0.39 is 0 Å². The van der Waals surface area contributed by atoms with Gasteiger partial charge in [0.15, 0.2) is 0 Å². The van der Waals surface area contributed by atoms with E-state index in [1.165, 1.54) is 24.3 Å². The van der Waals surface area contributed by atoms with Crippen LogP contribution in [0.15, 0.2) is 24.3 Å². The zero-order valence-corrected chi connectivity index (χ0v) is 10.6. The number of hydrogen-bond donors (Lipinski definition) is 0. The summed E-state index contributed by atoms with van der Waals surface area (Å²) in [6.45, 7) is 2.18. The van der Waals surface area contributed by atoms with E-state index in [1.54, 1.807) is 0 Å². The molecule has 0 atom stereocenters.